The van der Waals surface area contributed by atoms with E-state index in [1.807, 2.05) is 6.07 Å². The lowest BCUT2D eigenvalue weighted by molar-refractivity contribution is -0.135. The number of hydrogen-bond donors (Lipinski definition) is 1. The molecule has 0 radical (unpaired) electrons. The first-order valence-corrected chi connectivity index (χ1v) is 7.22. The summed E-state index contributed by atoms with van der Waals surface area (Å²) < 4.78 is 0. The van der Waals surface area contributed by atoms with E-state index in [1.54, 1.807) is 0 Å². The molecule has 3 rings (SSSR count). The molecular formula is C16H22N2O. The van der Waals surface area contributed by atoms with Crippen molar-refractivity contribution in [3.63, 3.8) is 0 Å². The number of amides is 1. The van der Waals surface area contributed by atoms with E-state index in [0.717, 1.165) is 32.5 Å². The van der Waals surface area contributed by atoms with Gasteiger partial charge in [-0.25, -0.2) is 0 Å². The van der Waals surface area contributed by atoms with E-state index >= 15 is 0 Å². The topological polar surface area (TPSA) is 32.3 Å². The van der Waals surface area contributed by atoms with Crippen molar-refractivity contribution in [1.82, 2.24) is 10.2 Å². The Morgan fingerprint density at radius 2 is 2.11 bits per heavy atom. The first kappa shape index (κ1) is 12.7. The van der Waals surface area contributed by atoms with Gasteiger partial charge in [-0.05, 0) is 37.8 Å². The molecule has 1 saturated heterocycles. The van der Waals surface area contributed by atoms with E-state index in [0.29, 0.717) is 11.9 Å². The van der Waals surface area contributed by atoms with Crippen LogP contribution in [0.25, 0.3) is 0 Å². The van der Waals surface area contributed by atoms with Crippen LogP contribution >= 0.6 is 0 Å². The van der Waals surface area contributed by atoms with Gasteiger partial charge in [-0.3, -0.25) is 4.79 Å². The van der Waals surface area contributed by atoms with E-state index in [1.165, 1.54) is 11.1 Å². The van der Waals surface area contributed by atoms with Crippen LogP contribution < -0.4 is 5.32 Å². The Hall–Kier alpha value is -1.35. The summed E-state index contributed by atoms with van der Waals surface area (Å²) >= 11 is 0. The fourth-order valence-corrected chi connectivity index (χ4v) is 3.25. The first-order chi connectivity index (χ1) is 9.13. The Morgan fingerprint density at radius 1 is 1.37 bits per heavy atom. The molecule has 0 spiro atoms. The van der Waals surface area contributed by atoms with Crippen molar-refractivity contribution in [2.75, 3.05) is 19.6 Å². The van der Waals surface area contributed by atoms with Crippen LogP contribution in [0.4, 0.5) is 0 Å². The molecule has 1 atom stereocenters. The Bertz CT molecular complexity index is 493. The second-order valence-electron chi connectivity index (χ2n) is 6.00. The Kier molecular flexibility index (Phi) is 3.09. The van der Waals surface area contributed by atoms with Crippen LogP contribution in [-0.4, -0.2) is 36.5 Å². The van der Waals surface area contributed by atoms with Crippen LogP contribution in [0.5, 0.6) is 0 Å². The maximum Gasteiger partial charge on any atom is 0.233 e. The standard InChI is InChI=1S/C16H22N2O/c1-12-5-3-4-6-14(12)16(7-8-16)15(19)18-10-9-17-13(2)11-18/h3-6,13,17H,7-11H2,1-2H3. The summed E-state index contributed by atoms with van der Waals surface area (Å²) in [4.78, 5) is 14.9. The normalized spacial score (nSPS) is 25.2. The molecular weight excluding hydrogens is 236 g/mol. The lowest BCUT2D eigenvalue weighted by atomic mass is 9.90. The van der Waals surface area contributed by atoms with Gasteiger partial charge >= 0.3 is 0 Å². The highest BCUT2D eigenvalue weighted by Gasteiger charge is 2.53. The van der Waals surface area contributed by atoms with Crippen LogP contribution in [0.2, 0.25) is 0 Å². The predicted molar refractivity (Wildman–Crippen MR) is 76.1 cm³/mol. The van der Waals surface area contributed by atoms with Gasteiger partial charge in [0.25, 0.3) is 0 Å². The summed E-state index contributed by atoms with van der Waals surface area (Å²) in [6, 6.07) is 8.75. The summed E-state index contributed by atoms with van der Waals surface area (Å²) in [5.74, 6) is 0.343. The molecule has 2 aliphatic rings. The molecule has 19 heavy (non-hydrogen) atoms. The monoisotopic (exact) mass is 258 g/mol. The Morgan fingerprint density at radius 3 is 2.74 bits per heavy atom. The minimum atomic E-state index is -0.206. The smallest absolute Gasteiger partial charge is 0.233 e. The molecule has 1 aliphatic heterocycles. The molecule has 1 aromatic carbocycles. The van der Waals surface area contributed by atoms with E-state index in [2.05, 4.69) is 42.3 Å². The molecule has 1 saturated carbocycles. The number of hydrogen-bond acceptors (Lipinski definition) is 2. The number of nitrogens with zero attached hydrogens (tertiary/aromatic N) is 1. The predicted octanol–water partition coefficient (Wildman–Crippen LogP) is 1.85. The van der Waals surface area contributed by atoms with E-state index in [4.69, 9.17) is 0 Å². The molecule has 3 nitrogen and oxygen atoms in total. The maximum absolute atomic E-state index is 12.9. The van der Waals surface area contributed by atoms with Gasteiger partial charge in [-0.15, -0.1) is 0 Å². The van der Waals surface area contributed by atoms with Crippen LogP contribution in [0.1, 0.15) is 30.9 Å². The minimum Gasteiger partial charge on any atom is -0.339 e. The van der Waals surface area contributed by atoms with Gasteiger partial charge < -0.3 is 10.2 Å². The van der Waals surface area contributed by atoms with Gasteiger partial charge in [-0.2, -0.15) is 0 Å². The summed E-state index contributed by atoms with van der Waals surface area (Å²) in [6.45, 7) is 6.86. The highest BCUT2D eigenvalue weighted by atomic mass is 16.2. The highest BCUT2D eigenvalue weighted by molar-refractivity contribution is 5.91. The third kappa shape index (κ3) is 2.16. The van der Waals surface area contributed by atoms with Crippen molar-refractivity contribution in [2.24, 2.45) is 0 Å². The molecule has 1 aromatic rings. The minimum absolute atomic E-state index is 0.206. The zero-order chi connectivity index (χ0) is 13.5. The molecule has 2 fully saturated rings. The van der Waals surface area contributed by atoms with Crippen molar-refractivity contribution in [2.45, 2.75) is 38.1 Å². The highest BCUT2D eigenvalue weighted by Crippen LogP contribution is 2.50. The summed E-state index contributed by atoms with van der Waals surface area (Å²) in [5, 5.41) is 3.40. The quantitative estimate of drug-likeness (QED) is 0.878. The lowest BCUT2D eigenvalue weighted by Crippen LogP contribution is -2.53. The van der Waals surface area contributed by atoms with Gasteiger partial charge in [0, 0.05) is 25.7 Å². The Labute approximate surface area is 115 Å². The fourth-order valence-electron chi connectivity index (χ4n) is 3.25. The molecule has 1 unspecified atom stereocenters. The maximum atomic E-state index is 12.9. The number of piperazine rings is 1. The largest absolute Gasteiger partial charge is 0.339 e. The average molecular weight is 258 g/mol. The second-order valence-corrected chi connectivity index (χ2v) is 6.00. The molecule has 1 heterocycles. The van der Waals surface area contributed by atoms with Gasteiger partial charge in [0.15, 0.2) is 0 Å². The first-order valence-electron chi connectivity index (χ1n) is 7.22. The molecule has 1 amide bonds. The van der Waals surface area contributed by atoms with Gasteiger partial charge in [0.05, 0.1) is 5.41 Å². The molecule has 102 valence electrons. The van der Waals surface area contributed by atoms with Gasteiger partial charge in [0.1, 0.15) is 0 Å². The summed E-state index contributed by atoms with van der Waals surface area (Å²) in [6.07, 6.45) is 2.02. The number of carbonyl (C=O) groups excluding carboxylic acids is 1. The molecule has 3 heteroatoms. The van der Waals surface area contributed by atoms with Gasteiger partial charge in [0.2, 0.25) is 5.91 Å². The van der Waals surface area contributed by atoms with Crippen molar-refractivity contribution in [1.29, 1.82) is 0 Å². The van der Waals surface area contributed by atoms with Crippen LogP contribution in [-0.2, 0) is 10.2 Å². The lowest BCUT2D eigenvalue weighted by Gasteiger charge is -2.35. The number of benzene rings is 1. The van der Waals surface area contributed by atoms with Crippen molar-refractivity contribution < 1.29 is 4.79 Å². The molecule has 1 N–H and O–H groups in total. The van der Waals surface area contributed by atoms with Crippen molar-refractivity contribution in [3.05, 3.63) is 35.4 Å². The third-order valence-electron chi connectivity index (χ3n) is 4.48. The third-order valence-corrected chi connectivity index (χ3v) is 4.48. The summed E-state index contributed by atoms with van der Waals surface area (Å²) in [7, 11) is 0. The number of nitrogens with one attached hydrogen (secondary N) is 1. The van der Waals surface area contributed by atoms with Crippen molar-refractivity contribution >= 4 is 5.91 Å². The second kappa shape index (κ2) is 4.64. The van der Waals surface area contributed by atoms with Gasteiger partial charge in [-0.1, -0.05) is 24.3 Å². The molecule has 1 aliphatic carbocycles. The zero-order valence-electron chi connectivity index (χ0n) is 11.8. The number of aryl methyl sites for hydroxylation is 1. The van der Waals surface area contributed by atoms with E-state index < -0.39 is 0 Å². The van der Waals surface area contributed by atoms with E-state index in [9.17, 15) is 4.79 Å². The fraction of sp³-hybridized carbons (Fsp3) is 0.562. The van der Waals surface area contributed by atoms with Crippen LogP contribution in [0.15, 0.2) is 24.3 Å². The Balaban J connectivity index is 1.85. The SMILES string of the molecule is Cc1ccccc1C1(C(=O)N2CCNC(C)C2)CC1. The van der Waals surface area contributed by atoms with Crippen LogP contribution in [0, 0.1) is 6.92 Å². The number of rotatable bonds is 2. The molecule has 0 bridgehead atoms. The zero-order valence-corrected chi connectivity index (χ0v) is 11.8. The number of carbonyl (C=O) groups is 1. The summed E-state index contributed by atoms with van der Waals surface area (Å²) in [5.41, 5.74) is 2.28. The van der Waals surface area contributed by atoms with E-state index in [-0.39, 0.29) is 5.41 Å². The van der Waals surface area contributed by atoms with Crippen LogP contribution in [0.3, 0.4) is 0 Å². The van der Waals surface area contributed by atoms with Crippen molar-refractivity contribution in [3.8, 4) is 0 Å². The average Bonchev–Trinajstić information content (AvgIpc) is 3.20. The molecule has 0 aromatic heterocycles.